The SMILES string of the molecule is COc1ccc(CNC(=O)/C(C#N)=C\c2cc(C)n(-c3ccc([N+](=O)[O-])c(Cl)c3)c2C)cc1. The number of hydrogen-bond acceptors (Lipinski definition) is 5. The molecular weight excluding hydrogens is 444 g/mol. The van der Waals surface area contributed by atoms with Gasteiger partial charge in [0, 0.05) is 29.7 Å². The lowest BCUT2D eigenvalue weighted by Crippen LogP contribution is -2.23. The van der Waals surface area contributed by atoms with Crippen molar-refractivity contribution in [1.29, 1.82) is 5.26 Å². The Balaban J connectivity index is 1.84. The molecule has 0 aliphatic carbocycles. The van der Waals surface area contributed by atoms with Gasteiger partial charge in [0.15, 0.2) is 0 Å². The fourth-order valence-corrected chi connectivity index (χ4v) is 3.68. The van der Waals surface area contributed by atoms with E-state index in [2.05, 4.69) is 5.32 Å². The van der Waals surface area contributed by atoms with Gasteiger partial charge in [-0.15, -0.1) is 0 Å². The number of nitro groups is 1. The molecule has 0 radical (unpaired) electrons. The number of halogens is 1. The molecule has 9 heteroatoms. The van der Waals surface area contributed by atoms with Crippen LogP contribution in [0.25, 0.3) is 11.8 Å². The van der Waals surface area contributed by atoms with Crippen molar-refractivity contribution in [2.24, 2.45) is 0 Å². The van der Waals surface area contributed by atoms with Crippen molar-refractivity contribution in [2.45, 2.75) is 20.4 Å². The molecular formula is C24H21ClN4O4. The largest absolute Gasteiger partial charge is 0.497 e. The second-order valence-electron chi connectivity index (χ2n) is 7.26. The third-order valence-electron chi connectivity index (χ3n) is 5.13. The first-order chi connectivity index (χ1) is 15.7. The summed E-state index contributed by atoms with van der Waals surface area (Å²) in [5.74, 6) is 0.226. The molecule has 0 saturated heterocycles. The topological polar surface area (TPSA) is 110 Å². The maximum absolute atomic E-state index is 12.6. The van der Waals surface area contributed by atoms with Crippen molar-refractivity contribution >= 4 is 29.3 Å². The van der Waals surface area contributed by atoms with Gasteiger partial charge >= 0.3 is 0 Å². The molecule has 0 spiro atoms. The van der Waals surface area contributed by atoms with Crippen molar-refractivity contribution in [1.82, 2.24) is 9.88 Å². The number of hydrogen-bond donors (Lipinski definition) is 1. The zero-order chi connectivity index (χ0) is 24.1. The quantitative estimate of drug-likeness (QED) is 0.232. The van der Waals surface area contributed by atoms with Crippen LogP contribution < -0.4 is 10.1 Å². The minimum absolute atomic E-state index is 0.0257. The van der Waals surface area contributed by atoms with Gasteiger partial charge in [-0.25, -0.2) is 0 Å². The van der Waals surface area contributed by atoms with Gasteiger partial charge in [0.1, 0.15) is 22.4 Å². The Kier molecular flexibility index (Phi) is 7.16. The molecule has 0 unspecified atom stereocenters. The monoisotopic (exact) mass is 464 g/mol. The van der Waals surface area contributed by atoms with Crippen LogP contribution >= 0.6 is 11.6 Å². The fraction of sp³-hybridized carbons (Fsp3) is 0.167. The molecule has 0 fully saturated rings. The maximum atomic E-state index is 12.6. The number of carbonyl (C=O) groups excluding carboxylic acids is 1. The van der Waals surface area contributed by atoms with E-state index in [4.69, 9.17) is 16.3 Å². The highest BCUT2D eigenvalue weighted by Gasteiger charge is 2.17. The number of nitrogens with zero attached hydrogens (tertiary/aromatic N) is 3. The van der Waals surface area contributed by atoms with E-state index in [1.165, 1.54) is 18.2 Å². The van der Waals surface area contributed by atoms with Gasteiger partial charge in [-0.05, 0) is 61.4 Å². The molecule has 33 heavy (non-hydrogen) atoms. The average molecular weight is 465 g/mol. The van der Waals surface area contributed by atoms with Crippen LogP contribution in [0, 0.1) is 35.3 Å². The van der Waals surface area contributed by atoms with Gasteiger partial charge in [0.25, 0.3) is 11.6 Å². The van der Waals surface area contributed by atoms with Crippen molar-refractivity contribution < 1.29 is 14.5 Å². The van der Waals surface area contributed by atoms with Gasteiger partial charge in [-0.2, -0.15) is 5.26 Å². The maximum Gasteiger partial charge on any atom is 0.288 e. The van der Waals surface area contributed by atoms with E-state index in [9.17, 15) is 20.2 Å². The Hall–Kier alpha value is -4.09. The molecule has 0 bridgehead atoms. The Morgan fingerprint density at radius 2 is 1.94 bits per heavy atom. The highest BCUT2D eigenvalue weighted by atomic mass is 35.5. The van der Waals surface area contributed by atoms with Crippen LogP contribution in [0.4, 0.5) is 5.69 Å². The zero-order valence-corrected chi connectivity index (χ0v) is 19.0. The molecule has 3 aromatic rings. The summed E-state index contributed by atoms with van der Waals surface area (Å²) in [6, 6.07) is 15.5. The average Bonchev–Trinajstić information content (AvgIpc) is 3.08. The number of nitro benzene ring substituents is 1. The fourth-order valence-electron chi connectivity index (χ4n) is 3.44. The van der Waals surface area contributed by atoms with E-state index in [0.717, 1.165) is 17.0 Å². The van der Waals surface area contributed by atoms with Crippen LogP contribution in [-0.4, -0.2) is 22.5 Å². The van der Waals surface area contributed by atoms with E-state index >= 15 is 0 Å². The molecule has 0 saturated carbocycles. The summed E-state index contributed by atoms with van der Waals surface area (Å²) < 4.78 is 6.97. The standard InChI is InChI=1S/C24H21ClN4O4/c1-15-10-18(16(2)28(15)20-6-9-23(29(31)32)22(25)12-20)11-19(13-26)24(30)27-14-17-4-7-21(33-3)8-5-17/h4-12H,14H2,1-3H3,(H,27,30)/b19-11-. The van der Waals surface area contributed by atoms with Crippen LogP contribution in [0.15, 0.2) is 54.1 Å². The lowest BCUT2D eigenvalue weighted by Gasteiger charge is -2.10. The number of nitrogens with one attached hydrogen (secondary N) is 1. The Labute approximate surface area is 195 Å². The van der Waals surface area contributed by atoms with E-state index < -0.39 is 10.8 Å². The Bertz CT molecular complexity index is 1290. The van der Waals surface area contributed by atoms with Gasteiger partial charge in [0.2, 0.25) is 0 Å². The molecule has 2 aromatic carbocycles. The van der Waals surface area contributed by atoms with E-state index in [-0.39, 0.29) is 22.8 Å². The zero-order valence-electron chi connectivity index (χ0n) is 18.3. The summed E-state index contributed by atoms with van der Waals surface area (Å²) in [5.41, 5.74) is 3.55. The van der Waals surface area contributed by atoms with Crippen molar-refractivity contribution in [3.63, 3.8) is 0 Å². The molecule has 8 nitrogen and oxygen atoms in total. The van der Waals surface area contributed by atoms with Gasteiger partial charge in [-0.1, -0.05) is 23.7 Å². The molecule has 1 heterocycles. The predicted octanol–water partition coefficient (Wildman–Crippen LogP) is 4.89. The molecule has 0 aliphatic rings. The Morgan fingerprint density at radius 3 is 2.52 bits per heavy atom. The molecule has 3 rings (SSSR count). The summed E-state index contributed by atoms with van der Waals surface area (Å²) in [6.45, 7) is 3.95. The van der Waals surface area contributed by atoms with Crippen LogP contribution in [0.5, 0.6) is 5.75 Å². The highest BCUT2D eigenvalue weighted by Crippen LogP contribution is 2.29. The number of nitriles is 1. The van der Waals surface area contributed by atoms with Crippen LogP contribution in [-0.2, 0) is 11.3 Å². The molecule has 168 valence electrons. The molecule has 0 atom stereocenters. The molecule has 0 aliphatic heterocycles. The number of methoxy groups -OCH3 is 1. The summed E-state index contributed by atoms with van der Waals surface area (Å²) in [4.78, 5) is 23.1. The van der Waals surface area contributed by atoms with Crippen LogP contribution in [0.3, 0.4) is 0 Å². The van der Waals surface area contributed by atoms with Crippen molar-refractivity contribution in [3.05, 3.63) is 91.8 Å². The van der Waals surface area contributed by atoms with Gasteiger partial charge in [0.05, 0.1) is 12.0 Å². The third kappa shape index (κ3) is 5.22. The first-order valence-electron chi connectivity index (χ1n) is 9.91. The number of aryl methyl sites for hydroxylation is 1. The third-order valence-corrected chi connectivity index (χ3v) is 5.44. The normalized spacial score (nSPS) is 11.1. The first kappa shape index (κ1) is 23.6. The minimum Gasteiger partial charge on any atom is -0.497 e. The lowest BCUT2D eigenvalue weighted by molar-refractivity contribution is -0.384. The lowest BCUT2D eigenvalue weighted by atomic mass is 10.1. The Morgan fingerprint density at radius 1 is 1.24 bits per heavy atom. The minimum atomic E-state index is -0.542. The van der Waals surface area contributed by atoms with Gasteiger partial charge in [-0.3, -0.25) is 14.9 Å². The van der Waals surface area contributed by atoms with Crippen molar-refractivity contribution in [3.8, 4) is 17.5 Å². The number of rotatable bonds is 7. The second kappa shape index (κ2) is 10.0. The first-order valence-corrected chi connectivity index (χ1v) is 10.3. The van der Waals surface area contributed by atoms with Crippen LogP contribution in [0.2, 0.25) is 5.02 Å². The summed E-state index contributed by atoms with van der Waals surface area (Å²) >= 11 is 6.07. The second-order valence-corrected chi connectivity index (χ2v) is 7.66. The highest BCUT2D eigenvalue weighted by molar-refractivity contribution is 6.32. The number of carbonyl (C=O) groups is 1. The number of benzene rings is 2. The van der Waals surface area contributed by atoms with Gasteiger partial charge < -0.3 is 14.6 Å². The van der Waals surface area contributed by atoms with E-state index in [1.807, 2.05) is 42.7 Å². The molecule has 1 aromatic heterocycles. The smallest absolute Gasteiger partial charge is 0.288 e. The summed E-state index contributed by atoms with van der Waals surface area (Å²) in [6.07, 6.45) is 1.52. The number of ether oxygens (including phenoxy) is 1. The number of amides is 1. The van der Waals surface area contributed by atoms with E-state index in [0.29, 0.717) is 17.0 Å². The molecule has 1 N–H and O–H groups in total. The van der Waals surface area contributed by atoms with E-state index in [1.54, 1.807) is 25.3 Å². The van der Waals surface area contributed by atoms with Crippen LogP contribution in [0.1, 0.15) is 22.5 Å². The predicted molar refractivity (Wildman–Crippen MR) is 125 cm³/mol. The van der Waals surface area contributed by atoms with Crippen molar-refractivity contribution in [2.75, 3.05) is 7.11 Å². The molecule has 1 amide bonds. The number of aromatic nitrogens is 1. The summed E-state index contributed by atoms with van der Waals surface area (Å²) in [5, 5.41) is 23.3. The summed E-state index contributed by atoms with van der Waals surface area (Å²) in [7, 11) is 1.58.